The van der Waals surface area contributed by atoms with E-state index in [1.165, 1.54) is 5.56 Å². The molecule has 0 aliphatic rings. The second-order valence-electron chi connectivity index (χ2n) is 4.05. The fourth-order valence-corrected chi connectivity index (χ4v) is 2.36. The smallest absolute Gasteiger partial charge is 0.0623 e. The van der Waals surface area contributed by atoms with Gasteiger partial charge < -0.3 is 10.8 Å². The lowest BCUT2D eigenvalue weighted by molar-refractivity contribution is 0.0864. The van der Waals surface area contributed by atoms with Crippen LogP contribution in [-0.4, -0.2) is 17.8 Å². The van der Waals surface area contributed by atoms with Crippen LogP contribution in [-0.2, 0) is 6.42 Å². The summed E-state index contributed by atoms with van der Waals surface area (Å²) in [6.07, 6.45) is 0.415. The van der Waals surface area contributed by atoms with Crippen LogP contribution < -0.4 is 5.73 Å². The lowest BCUT2D eigenvalue weighted by Gasteiger charge is -2.24. The molecule has 0 saturated carbocycles. The van der Waals surface area contributed by atoms with Gasteiger partial charge in [0.25, 0.3) is 0 Å². The normalized spacial score (nSPS) is 15.8. The maximum atomic E-state index is 9.98. The van der Waals surface area contributed by atoms with Gasteiger partial charge in [0.15, 0.2) is 0 Å². The van der Waals surface area contributed by atoms with Gasteiger partial charge in [-0.1, -0.05) is 13.8 Å². The summed E-state index contributed by atoms with van der Waals surface area (Å²) in [5.41, 5.74) is 6.86. The summed E-state index contributed by atoms with van der Waals surface area (Å²) < 4.78 is 0. The summed E-state index contributed by atoms with van der Waals surface area (Å²) in [6.45, 7) is 4.77. The highest BCUT2D eigenvalue weighted by atomic mass is 32.1. The number of aliphatic hydroxyl groups excluding tert-OH is 1. The van der Waals surface area contributed by atoms with E-state index in [1.807, 2.05) is 5.38 Å². The Bertz CT molecular complexity index is 246. The van der Waals surface area contributed by atoms with Gasteiger partial charge in [0.1, 0.15) is 0 Å². The van der Waals surface area contributed by atoms with Crippen LogP contribution in [0.1, 0.15) is 19.4 Å². The van der Waals surface area contributed by atoms with Gasteiger partial charge in [-0.3, -0.25) is 0 Å². The molecular formula is C11H19NOS. The monoisotopic (exact) mass is 213 g/mol. The van der Waals surface area contributed by atoms with Crippen LogP contribution in [0.15, 0.2) is 16.8 Å². The van der Waals surface area contributed by atoms with Gasteiger partial charge >= 0.3 is 0 Å². The minimum atomic E-state index is -0.311. The molecule has 1 rings (SSSR count). The van der Waals surface area contributed by atoms with Gasteiger partial charge in [0.2, 0.25) is 0 Å². The van der Waals surface area contributed by atoms with Crippen molar-refractivity contribution in [3.63, 3.8) is 0 Å². The Kier molecular flexibility index (Phi) is 4.58. The second kappa shape index (κ2) is 5.49. The van der Waals surface area contributed by atoms with Crippen molar-refractivity contribution in [1.29, 1.82) is 0 Å². The molecule has 0 spiro atoms. The molecule has 0 bridgehead atoms. The highest BCUT2D eigenvalue weighted by Crippen LogP contribution is 2.18. The molecule has 0 radical (unpaired) electrons. The van der Waals surface area contributed by atoms with Gasteiger partial charge in [-0.05, 0) is 47.2 Å². The Balaban J connectivity index is 2.51. The standard InChI is InChI=1S/C11H19NOS/c1-8(2)10(6-12)11(13)5-9-3-4-14-7-9/h3-4,7-8,10-11,13H,5-6,12H2,1-2H3. The first-order valence-corrected chi connectivity index (χ1v) is 5.98. The van der Waals surface area contributed by atoms with Gasteiger partial charge in [0.05, 0.1) is 6.10 Å². The van der Waals surface area contributed by atoms with E-state index in [1.54, 1.807) is 11.3 Å². The number of thiophene rings is 1. The summed E-state index contributed by atoms with van der Waals surface area (Å²) in [5.74, 6) is 0.642. The van der Waals surface area contributed by atoms with E-state index in [-0.39, 0.29) is 12.0 Å². The lowest BCUT2D eigenvalue weighted by atomic mass is 9.87. The number of nitrogens with two attached hydrogens (primary N) is 1. The van der Waals surface area contributed by atoms with E-state index in [4.69, 9.17) is 5.73 Å². The average molecular weight is 213 g/mol. The third kappa shape index (κ3) is 3.08. The molecule has 2 nitrogen and oxygen atoms in total. The topological polar surface area (TPSA) is 46.2 Å². The lowest BCUT2D eigenvalue weighted by Crippen LogP contribution is -2.33. The van der Waals surface area contributed by atoms with Crippen molar-refractivity contribution in [2.24, 2.45) is 17.6 Å². The van der Waals surface area contributed by atoms with Crippen LogP contribution in [0.2, 0.25) is 0 Å². The zero-order valence-corrected chi connectivity index (χ0v) is 9.63. The molecule has 0 amide bonds. The van der Waals surface area contributed by atoms with Crippen molar-refractivity contribution in [2.75, 3.05) is 6.54 Å². The van der Waals surface area contributed by atoms with Gasteiger partial charge in [0, 0.05) is 0 Å². The van der Waals surface area contributed by atoms with Crippen molar-refractivity contribution in [3.05, 3.63) is 22.4 Å². The second-order valence-corrected chi connectivity index (χ2v) is 4.83. The van der Waals surface area contributed by atoms with Crippen molar-refractivity contribution >= 4 is 11.3 Å². The van der Waals surface area contributed by atoms with Gasteiger partial charge in [-0.2, -0.15) is 11.3 Å². The van der Waals surface area contributed by atoms with E-state index >= 15 is 0 Å². The minimum Gasteiger partial charge on any atom is -0.392 e. The van der Waals surface area contributed by atoms with Crippen LogP contribution >= 0.6 is 11.3 Å². The highest BCUT2D eigenvalue weighted by Gasteiger charge is 2.21. The first-order chi connectivity index (χ1) is 6.65. The van der Waals surface area contributed by atoms with Crippen LogP contribution in [0.25, 0.3) is 0 Å². The number of rotatable bonds is 5. The Morgan fingerprint density at radius 3 is 2.64 bits per heavy atom. The fourth-order valence-electron chi connectivity index (χ4n) is 1.68. The predicted molar refractivity (Wildman–Crippen MR) is 61.4 cm³/mol. The van der Waals surface area contributed by atoms with Crippen molar-refractivity contribution in [2.45, 2.75) is 26.4 Å². The molecule has 3 heteroatoms. The van der Waals surface area contributed by atoms with Crippen LogP contribution in [0.5, 0.6) is 0 Å². The third-order valence-corrected chi connectivity index (χ3v) is 3.38. The summed E-state index contributed by atoms with van der Waals surface area (Å²) in [6, 6.07) is 2.06. The molecule has 0 aliphatic heterocycles. The summed E-state index contributed by atoms with van der Waals surface area (Å²) in [7, 11) is 0. The van der Waals surface area contributed by atoms with Gasteiger partial charge in [-0.15, -0.1) is 0 Å². The van der Waals surface area contributed by atoms with Crippen molar-refractivity contribution in [1.82, 2.24) is 0 Å². The predicted octanol–water partition coefficient (Wildman–Crippen LogP) is 1.88. The number of hydrogen-bond acceptors (Lipinski definition) is 3. The molecular weight excluding hydrogens is 194 g/mol. The Morgan fingerprint density at radius 2 is 2.21 bits per heavy atom. The fraction of sp³-hybridized carbons (Fsp3) is 0.636. The molecule has 1 aromatic heterocycles. The average Bonchev–Trinajstić information content (AvgIpc) is 2.57. The zero-order valence-electron chi connectivity index (χ0n) is 8.81. The molecule has 2 unspecified atom stereocenters. The first-order valence-electron chi connectivity index (χ1n) is 5.04. The van der Waals surface area contributed by atoms with Gasteiger partial charge in [-0.25, -0.2) is 0 Å². The van der Waals surface area contributed by atoms with Crippen LogP contribution in [0.3, 0.4) is 0 Å². The Hall–Kier alpha value is -0.380. The van der Waals surface area contributed by atoms with Crippen molar-refractivity contribution < 1.29 is 5.11 Å². The highest BCUT2D eigenvalue weighted by molar-refractivity contribution is 7.07. The molecule has 0 aliphatic carbocycles. The quantitative estimate of drug-likeness (QED) is 0.784. The van der Waals surface area contributed by atoms with E-state index < -0.39 is 0 Å². The largest absolute Gasteiger partial charge is 0.392 e. The molecule has 1 aromatic rings. The van der Waals surface area contributed by atoms with Crippen molar-refractivity contribution in [3.8, 4) is 0 Å². The zero-order chi connectivity index (χ0) is 10.6. The SMILES string of the molecule is CC(C)C(CN)C(O)Cc1ccsc1. The number of hydrogen-bond donors (Lipinski definition) is 2. The van der Waals surface area contributed by atoms with E-state index in [9.17, 15) is 5.11 Å². The van der Waals surface area contributed by atoms with Crippen LogP contribution in [0.4, 0.5) is 0 Å². The van der Waals surface area contributed by atoms with Crippen LogP contribution in [0, 0.1) is 11.8 Å². The minimum absolute atomic E-state index is 0.204. The summed E-state index contributed by atoms with van der Waals surface area (Å²) >= 11 is 1.67. The number of aliphatic hydroxyl groups is 1. The summed E-state index contributed by atoms with van der Waals surface area (Å²) in [5, 5.41) is 14.1. The Morgan fingerprint density at radius 1 is 1.50 bits per heavy atom. The molecule has 0 saturated heterocycles. The Labute approximate surface area is 89.8 Å². The van der Waals surface area contributed by atoms with E-state index in [2.05, 4.69) is 25.3 Å². The molecule has 0 aromatic carbocycles. The molecule has 0 fully saturated rings. The third-order valence-electron chi connectivity index (χ3n) is 2.65. The maximum absolute atomic E-state index is 9.98. The molecule has 1 heterocycles. The molecule has 3 N–H and O–H groups in total. The first kappa shape index (κ1) is 11.7. The molecule has 2 atom stereocenters. The molecule has 14 heavy (non-hydrogen) atoms. The summed E-state index contributed by atoms with van der Waals surface area (Å²) in [4.78, 5) is 0. The van der Waals surface area contributed by atoms with E-state index in [0.717, 1.165) is 6.42 Å². The van der Waals surface area contributed by atoms with E-state index in [0.29, 0.717) is 12.5 Å². The maximum Gasteiger partial charge on any atom is 0.0623 e. The molecule has 80 valence electrons.